The van der Waals surface area contributed by atoms with Crippen LogP contribution in [0.15, 0.2) is 29.2 Å². The summed E-state index contributed by atoms with van der Waals surface area (Å²) in [6.07, 6.45) is 5.50. The molecule has 0 spiro atoms. The van der Waals surface area contributed by atoms with Crippen molar-refractivity contribution in [3.05, 3.63) is 29.8 Å². The molecule has 0 bridgehead atoms. The first-order chi connectivity index (χ1) is 18.6. The standard InChI is InChI=1S/C30H43NO8S/c1-19(13-23(32)17-30(2,3)36)29(35)31-25(15-21-9-11-24(12-10-21)40(4,37)38)26(33)16-22(28(34)27-18-39-27)14-20-7-5-6-8-20/h9-12,19-20,22,25,27,36H,5-8,13-18H2,1-4H3,(H,31,35). The molecular weight excluding hydrogens is 534 g/mol. The lowest BCUT2D eigenvalue weighted by atomic mass is 9.83. The lowest BCUT2D eigenvalue weighted by Crippen LogP contribution is -2.46. The molecule has 222 valence electrons. The number of rotatable bonds is 16. The molecule has 9 nitrogen and oxygen atoms in total. The summed E-state index contributed by atoms with van der Waals surface area (Å²) < 4.78 is 29.0. The molecule has 2 fully saturated rings. The molecule has 4 atom stereocenters. The number of aliphatic hydroxyl groups is 1. The number of epoxide rings is 1. The molecule has 1 amide bonds. The fourth-order valence-electron chi connectivity index (χ4n) is 5.47. The minimum Gasteiger partial charge on any atom is -0.390 e. The van der Waals surface area contributed by atoms with Gasteiger partial charge in [-0.2, -0.15) is 0 Å². The molecule has 1 aliphatic carbocycles. The van der Waals surface area contributed by atoms with Crippen molar-refractivity contribution < 1.29 is 37.4 Å². The maximum absolute atomic E-state index is 13.7. The molecule has 2 N–H and O–H groups in total. The first kappa shape index (κ1) is 32.1. The molecule has 0 radical (unpaired) electrons. The van der Waals surface area contributed by atoms with E-state index in [2.05, 4.69) is 5.32 Å². The molecule has 1 saturated heterocycles. The number of nitrogens with one attached hydrogen (secondary N) is 1. The summed E-state index contributed by atoms with van der Waals surface area (Å²) in [6, 6.07) is 5.19. The second-order valence-corrected chi connectivity index (χ2v) is 14.3. The van der Waals surface area contributed by atoms with Gasteiger partial charge in [-0.3, -0.25) is 19.2 Å². The zero-order valence-corrected chi connectivity index (χ0v) is 24.8. The van der Waals surface area contributed by atoms with Gasteiger partial charge in [-0.05, 0) is 50.3 Å². The van der Waals surface area contributed by atoms with Crippen molar-refractivity contribution in [2.75, 3.05) is 12.9 Å². The number of Topliss-reactive ketones (excluding diaryl/α,β-unsaturated/α-hetero) is 3. The van der Waals surface area contributed by atoms with Gasteiger partial charge >= 0.3 is 0 Å². The predicted octanol–water partition coefficient (Wildman–Crippen LogP) is 3.00. The number of carbonyl (C=O) groups is 4. The molecule has 1 saturated carbocycles. The number of ketones is 3. The Morgan fingerprint density at radius 1 is 1.07 bits per heavy atom. The van der Waals surface area contributed by atoms with Crippen LogP contribution in [0.4, 0.5) is 0 Å². The van der Waals surface area contributed by atoms with Gasteiger partial charge in [-0.1, -0.05) is 44.7 Å². The fourth-order valence-corrected chi connectivity index (χ4v) is 6.10. The van der Waals surface area contributed by atoms with Gasteiger partial charge in [0.15, 0.2) is 21.4 Å². The zero-order chi connectivity index (χ0) is 29.7. The second-order valence-electron chi connectivity index (χ2n) is 12.3. The third-order valence-corrected chi connectivity index (χ3v) is 8.83. The van der Waals surface area contributed by atoms with E-state index in [0.29, 0.717) is 24.5 Å². The van der Waals surface area contributed by atoms with Gasteiger partial charge < -0.3 is 15.2 Å². The van der Waals surface area contributed by atoms with E-state index in [9.17, 15) is 32.7 Å². The summed E-state index contributed by atoms with van der Waals surface area (Å²) in [5.41, 5.74) is -0.531. The number of sulfone groups is 1. The minimum absolute atomic E-state index is 0.0203. The van der Waals surface area contributed by atoms with Crippen LogP contribution in [0, 0.1) is 17.8 Å². The quantitative estimate of drug-likeness (QED) is 0.285. The maximum Gasteiger partial charge on any atom is 0.223 e. The van der Waals surface area contributed by atoms with Gasteiger partial charge in [0.25, 0.3) is 0 Å². The van der Waals surface area contributed by atoms with Crippen LogP contribution in [-0.2, 0) is 40.2 Å². The number of hydrogen-bond donors (Lipinski definition) is 2. The van der Waals surface area contributed by atoms with Crippen molar-refractivity contribution in [1.29, 1.82) is 0 Å². The van der Waals surface area contributed by atoms with E-state index < -0.39 is 45.3 Å². The molecule has 1 aromatic carbocycles. The van der Waals surface area contributed by atoms with Crippen molar-refractivity contribution in [2.24, 2.45) is 17.8 Å². The van der Waals surface area contributed by atoms with Crippen molar-refractivity contribution in [1.82, 2.24) is 5.32 Å². The molecular formula is C30H43NO8S. The first-order valence-electron chi connectivity index (χ1n) is 14.1. The van der Waals surface area contributed by atoms with Crippen LogP contribution in [0.25, 0.3) is 0 Å². The van der Waals surface area contributed by atoms with Gasteiger partial charge in [0.1, 0.15) is 11.9 Å². The summed E-state index contributed by atoms with van der Waals surface area (Å²) in [6.45, 7) is 5.01. The average molecular weight is 578 g/mol. The van der Waals surface area contributed by atoms with E-state index >= 15 is 0 Å². The second kappa shape index (κ2) is 13.5. The van der Waals surface area contributed by atoms with Crippen LogP contribution in [0.3, 0.4) is 0 Å². The Bertz CT molecular complexity index is 1180. The lowest BCUT2D eigenvalue weighted by Gasteiger charge is -2.24. The highest BCUT2D eigenvalue weighted by Crippen LogP contribution is 2.34. The van der Waals surface area contributed by atoms with Crippen molar-refractivity contribution in [3.8, 4) is 0 Å². The van der Waals surface area contributed by atoms with E-state index in [0.717, 1.165) is 31.9 Å². The van der Waals surface area contributed by atoms with Gasteiger partial charge in [-0.25, -0.2) is 8.42 Å². The number of benzene rings is 1. The molecule has 40 heavy (non-hydrogen) atoms. The molecule has 10 heteroatoms. The van der Waals surface area contributed by atoms with Crippen LogP contribution in [0.1, 0.15) is 77.7 Å². The summed E-state index contributed by atoms with van der Waals surface area (Å²) >= 11 is 0. The van der Waals surface area contributed by atoms with Gasteiger partial charge in [0, 0.05) is 37.4 Å². The van der Waals surface area contributed by atoms with Gasteiger partial charge in [-0.15, -0.1) is 0 Å². The number of ether oxygens (including phenoxy) is 1. The highest BCUT2D eigenvalue weighted by Gasteiger charge is 2.39. The van der Waals surface area contributed by atoms with Crippen LogP contribution in [-0.4, -0.2) is 67.4 Å². The van der Waals surface area contributed by atoms with Crippen LogP contribution < -0.4 is 5.32 Å². The average Bonchev–Trinajstić information content (AvgIpc) is 3.57. The molecule has 1 aromatic rings. The fraction of sp³-hybridized carbons (Fsp3) is 0.667. The van der Waals surface area contributed by atoms with E-state index in [1.54, 1.807) is 19.1 Å². The van der Waals surface area contributed by atoms with E-state index in [1.165, 1.54) is 26.0 Å². The zero-order valence-electron chi connectivity index (χ0n) is 24.0. The summed E-state index contributed by atoms with van der Waals surface area (Å²) in [7, 11) is -3.39. The minimum atomic E-state index is -3.39. The third-order valence-electron chi connectivity index (χ3n) is 7.70. The van der Waals surface area contributed by atoms with Crippen molar-refractivity contribution >= 4 is 33.1 Å². The monoisotopic (exact) mass is 577 g/mol. The number of hydrogen-bond acceptors (Lipinski definition) is 8. The van der Waals surface area contributed by atoms with Gasteiger partial charge in [0.05, 0.1) is 23.1 Å². The lowest BCUT2D eigenvalue weighted by molar-refractivity contribution is -0.134. The van der Waals surface area contributed by atoms with Crippen molar-refractivity contribution in [2.45, 2.75) is 101 Å². The smallest absolute Gasteiger partial charge is 0.223 e. The first-order valence-corrected chi connectivity index (χ1v) is 16.0. The Balaban J connectivity index is 1.76. The molecule has 0 aromatic heterocycles. The number of amides is 1. The van der Waals surface area contributed by atoms with Crippen molar-refractivity contribution in [3.63, 3.8) is 0 Å². The summed E-state index contributed by atoms with van der Waals surface area (Å²) in [5, 5.41) is 12.7. The Labute approximate surface area is 237 Å². The molecule has 1 heterocycles. The van der Waals surface area contributed by atoms with Crippen LogP contribution in [0.5, 0.6) is 0 Å². The normalized spacial score (nSPS) is 20.0. The highest BCUT2D eigenvalue weighted by molar-refractivity contribution is 7.90. The molecule has 1 aliphatic heterocycles. The Kier molecular flexibility index (Phi) is 10.8. The van der Waals surface area contributed by atoms with Gasteiger partial charge in [0.2, 0.25) is 5.91 Å². The highest BCUT2D eigenvalue weighted by atomic mass is 32.2. The Morgan fingerprint density at radius 2 is 1.68 bits per heavy atom. The summed E-state index contributed by atoms with van der Waals surface area (Å²) in [5.74, 6) is -1.91. The van der Waals surface area contributed by atoms with E-state index in [-0.39, 0.29) is 47.9 Å². The third kappa shape index (κ3) is 10.2. The SMILES string of the molecule is CC(CC(=O)CC(C)(C)O)C(=O)NC(Cc1ccc(S(C)(=O)=O)cc1)C(=O)CC(CC1CCCC1)C(=O)C1CO1. The van der Waals surface area contributed by atoms with Crippen LogP contribution >= 0.6 is 0 Å². The molecule has 2 aliphatic rings. The summed E-state index contributed by atoms with van der Waals surface area (Å²) in [4.78, 5) is 52.3. The maximum atomic E-state index is 13.7. The largest absolute Gasteiger partial charge is 0.390 e. The topological polar surface area (TPSA) is 147 Å². The van der Waals surface area contributed by atoms with Crippen LogP contribution in [0.2, 0.25) is 0 Å². The number of carbonyl (C=O) groups excluding carboxylic acids is 4. The Morgan fingerprint density at radius 3 is 2.20 bits per heavy atom. The molecule has 4 unspecified atom stereocenters. The van der Waals surface area contributed by atoms with E-state index in [1.807, 2.05) is 0 Å². The molecule has 3 rings (SSSR count). The Hall–Kier alpha value is -2.43. The predicted molar refractivity (Wildman–Crippen MR) is 149 cm³/mol. The van der Waals surface area contributed by atoms with E-state index in [4.69, 9.17) is 4.74 Å².